The Bertz CT molecular complexity index is 964. The number of hydrogen-bond acceptors (Lipinski definition) is 10. The van der Waals surface area contributed by atoms with E-state index >= 15 is 0 Å². The number of nitrogens with two attached hydrogens (primary N) is 1. The van der Waals surface area contributed by atoms with Crippen LogP contribution in [0.2, 0.25) is 0 Å². The monoisotopic (exact) mass is 404 g/mol. The zero-order valence-electron chi connectivity index (χ0n) is 15.1. The van der Waals surface area contributed by atoms with Gasteiger partial charge in [0, 0.05) is 19.5 Å². The van der Waals surface area contributed by atoms with Crippen molar-refractivity contribution in [1.29, 1.82) is 0 Å². The van der Waals surface area contributed by atoms with Crippen LogP contribution in [0.25, 0.3) is 0 Å². The molecule has 0 atom stereocenters. The summed E-state index contributed by atoms with van der Waals surface area (Å²) < 4.78 is 23.6. The Morgan fingerprint density at radius 1 is 1.14 bits per heavy atom. The first-order chi connectivity index (χ1) is 13.4. The molecule has 28 heavy (non-hydrogen) atoms. The lowest BCUT2D eigenvalue weighted by molar-refractivity contribution is 0.0455. The maximum Gasteiger partial charge on any atom is 0.358 e. The summed E-state index contributed by atoms with van der Waals surface area (Å²) in [5, 5.41) is 2.15. The van der Waals surface area contributed by atoms with Crippen LogP contribution in [0.5, 0.6) is 5.75 Å². The van der Waals surface area contributed by atoms with Crippen LogP contribution < -0.4 is 15.4 Å². The molecule has 2 heterocycles. The van der Waals surface area contributed by atoms with Gasteiger partial charge < -0.3 is 20.1 Å². The van der Waals surface area contributed by atoms with Gasteiger partial charge in [-0.1, -0.05) is 0 Å². The fraction of sp³-hybridized carbons (Fsp3) is 0.235. The lowest BCUT2D eigenvalue weighted by Gasteiger charge is -2.11. The first kappa shape index (κ1) is 19.4. The normalized spacial score (nSPS) is 10.5. The molecule has 0 saturated carbocycles. The molecule has 146 valence electrons. The Balaban J connectivity index is 1.56. The lowest BCUT2D eigenvalue weighted by atomic mass is 10.3. The quantitative estimate of drug-likeness (QED) is 0.590. The zero-order chi connectivity index (χ0) is 20.1. The highest BCUT2D eigenvalue weighted by atomic mass is 32.1. The van der Waals surface area contributed by atoms with E-state index in [0.29, 0.717) is 16.7 Å². The summed E-state index contributed by atoms with van der Waals surface area (Å²) in [7, 11) is 3.52. The van der Waals surface area contributed by atoms with Crippen LogP contribution >= 0.6 is 11.3 Å². The van der Waals surface area contributed by atoms with Gasteiger partial charge in [0.25, 0.3) is 0 Å². The molecule has 0 radical (unpaired) electrons. The van der Waals surface area contributed by atoms with Gasteiger partial charge in [-0.15, -0.1) is 11.3 Å². The number of thiazole rings is 1. The Kier molecular flexibility index (Phi) is 5.94. The Morgan fingerprint density at radius 3 is 2.61 bits per heavy atom. The molecule has 0 aliphatic heterocycles. The largest absolute Gasteiger partial charge is 0.486 e. The second-order valence-electron chi connectivity index (χ2n) is 5.75. The number of anilines is 2. The third kappa shape index (κ3) is 5.10. The fourth-order valence-corrected chi connectivity index (χ4v) is 2.72. The van der Waals surface area contributed by atoms with Crippen molar-refractivity contribution in [3.8, 4) is 5.75 Å². The Labute approximate surface area is 164 Å². The van der Waals surface area contributed by atoms with Crippen molar-refractivity contribution in [3.05, 3.63) is 52.0 Å². The van der Waals surface area contributed by atoms with Crippen LogP contribution in [0, 0.1) is 5.82 Å². The van der Waals surface area contributed by atoms with E-state index in [1.54, 1.807) is 24.4 Å². The van der Waals surface area contributed by atoms with Crippen molar-refractivity contribution in [3.63, 3.8) is 0 Å². The smallest absolute Gasteiger partial charge is 0.358 e. The van der Waals surface area contributed by atoms with E-state index in [1.807, 2.05) is 0 Å². The Morgan fingerprint density at radius 2 is 1.89 bits per heavy atom. The topological polar surface area (TPSA) is 116 Å². The number of ether oxygens (including phenoxy) is 2. The van der Waals surface area contributed by atoms with Crippen molar-refractivity contribution in [2.75, 3.05) is 24.7 Å². The molecule has 0 saturated heterocycles. The number of hydrogen-bond donors (Lipinski definition) is 1. The predicted molar refractivity (Wildman–Crippen MR) is 101 cm³/mol. The third-order valence-electron chi connectivity index (χ3n) is 3.36. The van der Waals surface area contributed by atoms with Crippen molar-refractivity contribution in [2.45, 2.75) is 13.2 Å². The van der Waals surface area contributed by atoms with Gasteiger partial charge in [-0.25, -0.2) is 14.2 Å². The molecule has 0 bridgehead atoms. The number of aromatic nitrogens is 4. The minimum absolute atomic E-state index is 0.0404. The summed E-state index contributed by atoms with van der Waals surface area (Å²) in [6.45, 7) is -0.00882. The molecule has 2 N–H and O–H groups in total. The van der Waals surface area contributed by atoms with Gasteiger partial charge in [-0.2, -0.15) is 15.0 Å². The number of nitrogen functional groups attached to an aromatic ring is 1. The molecule has 1 aromatic carbocycles. The van der Waals surface area contributed by atoms with Crippen molar-refractivity contribution in [1.82, 2.24) is 19.9 Å². The number of carbonyl (C=O) groups is 1. The van der Waals surface area contributed by atoms with Gasteiger partial charge in [-0.3, -0.25) is 0 Å². The van der Waals surface area contributed by atoms with Crippen molar-refractivity contribution in [2.24, 2.45) is 0 Å². The molecule has 0 spiro atoms. The van der Waals surface area contributed by atoms with Crippen LogP contribution in [0.15, 0.2) is 29.6 Å². The summed E-state index contributed by atoms with van der Waals surface area (Å²) in [5.41, 5.74) is 5.78. The molecule has 0 aliphatic rings. The van der Waals surface area contributed by atoms with E-state index in [1.165, 1.54) is 35.6 Å². The molecule has 3 rings (SSSR count). The molecule has 0 amide bonds. The molecule has 0 aliphatic carbocycles. The highest BCUT2D eigenvalue weighted by Crippen LogP contribution is 2.17. The van der Waals surface area contributed by atoms with E-state index in [2.05, 4.69) is 19.9 Å². The maximum absolute atomic E-state index is 12.9. The third-order valence-corrected chi connectivity index (χ3v) is 4.18. The van der Waals surface area contributed by atoms with Gasteiger partial charge in [0.2, 0.25) is 11.9 Å². The summed E-state index contributed by atoms with van der Waals surface area (Å²) in [5.74, 6) is 0.189. The zero-order valence-corrected chi connectivity index (χ0v) is 15.9. The number of halogens is 1. The van der Waals surface area contributed by atoms with Crippen LogP contribution in [0.4, 0.5) is 16.3 Å². The lowest BCUT2D eigenvalue weighted by Crippen LogP contribution is -2.17. The number of carbonyl (C=O) groups excluding carboxylic acids is 1. The van der Waals surface area contributed by atoms with Crippen LogP contribution in [0.3, 0.4) is 0 Å². The van der Waals surface area contributed by atoms with E-state index in [-0.39, 0.29) is 36.5 Å². The minimum Gasteiger partial charge on any atom is -0.486 e. The molecular formula is C17H17FN6O3S. The SMILES string of the molecule is CN(C)c1nc(N)nc(COC(=O)c2csc(COc3ccc(F)cc3)n2)n1. The number of nitrogens with zero attached hydrogens (tertiary/aromatic N) is 5. The molecule has 0 unspecified atom stereocenters. The van der Waals surface area contributed by atoms with Gasteiger partial charge in [-0.05, 0) is 24.3 Å². The van der Waals surface area contributed by atoms with E-state index in [0.717, 1.165) is 0 Å². The van der Waals surface area contributed by atoms with Gasteiger partial charge in [0.15, 0.2) is 18.1 Å². The summed E-state index contributed by atoms with van der Waals surface area (Å²) in [4.78, 5) is 30.1. The highest BCUT2D eigenvalue weighted by Gasteiger charge is 2.15. The average Bonchev–Trinajstić information content (AvgIpc) is 3.14. The molecular weight excluding hydrogens is 387 g/mol. The van der Waals surface area contributed by atoms with E-state index in [4.69, 9.17) is 15.2 Å². The van der Waals surface area contributed by atoms with Gasteiger partial charge >= 0.3 is 5.97 Å². The first-order valence-corrected chi connectivity index (χ1v) is 8.96. The van der Waals surface area contributed by atoms with Gasteiger partial charge in [0.1, 0.15) is 23.2 Å². The maximum atomic E-state index is 12.9. The fourth-order valence-electron chi connectivity index (χ4n) is 2.04. The summed E-state index contributed by atoms with van der Waals surface area (Å²) in [6, 6.07) is 5.63. The first-order valence-electron chi connectivity index (χ1n) is 8.08. The number of rotatable bonds is 7. The highest BCUT2D eigenvalue weighted by molar-refractivity contribution is 7.09. The number of esters is 1. The average molecular weight is 404 g/mol. The predicted octanol–water partition coefficient (Wildman–Crippen LogP) is 2.05. The minimum atomic E-state index is -0.616. The second-order valence-corrected chi connectivity index (χ2v) is 6.69. The van der Waals surface area contributed by atoms with Crippen molar-refractivity contribution >= 4 is 29.2 Å². The second kappa shape index (κ2) is 8.57. The molecule has 2 aromatic heterocycles. The van der Waals surface area contributed by atoms with Gasteiger partial charge in [0.05, 0.1) is 0 Å². The van der Waals surface area contributed by atoms with Crippen LogP contribution in [-0.2, 0) is 18.0 Å². The number of benzene rings is 1. The molecule has 0 fully saturated rings. The van der Waals surface area contributed by atoms with Crippen molar-refractivity contribution < 1.29 is 18.7 Å². The molecule has 3 aromatic rings. The molecule has 9 nitrogen and oxygen atoms in total. The summed E-state index contributed by atoms with van der Waals surface area (Å²) >= 11 is 1.25. The van der Waals surface area contributed by atoms with E-state index in [9.17, 15) is 9.18 Å². The molecule has 11 heteroatoms. The summed E-state index contributed by atoms with van der Waals surface area (Å²) in [6.07, 6.45) is 0. The van der Waals surface area contributed by atoms with Crippen LogP contribution in [0.1, 0.15) is 21.3 Å². The Hall–Kier alpha value is -3.34. The van der Waals surface area contributed by atoms with E-state index < -0.39 is 5.97 Å². The van der Waals surface area contributed by atoms with Crippen LogP contribution in [-0.4, -0.2) is 40.0 Å². The standard InChI is InChI=1S/C17H17FN6O3S/c1-24(2)17-22-13(21-16(19)23-17)7-27-15(25)12-9-28-14(20-12)8-26-11-5-3-10(18)4-6-11/h3-6,9H,7-8H2,1-2H3,(H2,19,21,22,23).